The first-order chi connectivity index (χ1) is 10.1. The van der Waals surface area contributed by atoms with Crippen molar-refractivity contribution in [2.45, 2.75) is 26.2 Å². The van der Waals surface area contributed by atoms with E-state index in [-0.39, 0.29) is 0 Å². The second kappa shape index (κ2) is 4.96. The molecule has 0 amide bonds. The molecule has 21 heavy (non-hydrogen) atoms. The lowest BCUT2D eigenvalue weighted by molar-refractivity contribution is 0.423. The van der Waals surface area contributed by atoms with Crippen LogP contribution >= 0.6 is 11.3 Å². The van der Waals surface area contributed by atoms with Crippen molar-refractivity contribution < 1.29 is 0 Å². The van der Waals surface area contributed by atoms with Gasteiger partial charge in [-0.1, -0.05) is 12.1 Å². The van der Waals surface area contributed by atoms with Crippen molar-refractivity contribution in [2.75, 3.05) is 20.6 Å². The molecule has 1 fully saturated rings. The number of hydrogen-bond donors (Lipinski definition) is 0. The molecule has 2 bridgehead atoms. The van der Waals surface area contributed by atoms with Crippen LogP contribution in [0.25, 0.3) is 15.7 Å². The molecule has 0 N–H and O–H groups in total. The van der Waals surface area contributed by atoms with Crippen molar-refractivity contribution in [1.29, 1.82) is 0 Å². The van der Waals surface area contributed by atoms with Crippen LogP contribution in [0.4, 0.5) is 0 Å². The summed E-state index contributed by atoms with van der Waals surface area (Å²) in [5, 5.41) is 3.83. The lowest BCUT2D eigenvalue weighted by Gasteiger charge is -2.23. The van der Waals surface area contributed by atoms with Gasteiger partial charge < -0.3 is 4.90 Å². The minimum absolute atomic E-state index is 0.815. The van der Waals surface area contributed by atoms with Gasteiger partial charge in [0.05, 0.1) is 0 Å². The summed E-state index contributed by atoms with van der Waals surface area (Å²) in [5.74, 6) is 1.66. The maximum Gasteiger partial charge on any atom is 0.0351 e. The minimum Gasteiger partial charge on any atom is -0.305 e. The Morgan fingerprint density at radius 3 is 2.81 bits per heavy atom. The summed E-state index contributed by atoms with van der Waals surface area (Å²) in [4.78, 5) is 2.34. The Labute approximate surface area is 131 Å². The van der Waals surface area contributed by atoms with Gasteiger partial charge in [-0.25, -0.2) is 0 Å². The molecule has 0 spiro atoms. The highest BCUT2D eigenvalue weighted by molar-refractivity contribution is 7.17. The van der Waals surface area contributed by atoms with Crippen LogP contribution in [0, 0.1) is 18.8 Å². The summed E-state index contributed by atoms with van der Waals surface area (Å²) in [6, 6.07) is 6.89. The van der Waals surface area contributed by atoms with Crippen LogP contribution in [0.15, 0.2) is 29.2 Å². The van der Waals surface area contributed by atoms with E-state index >= 15 is 0 Å². The van der Waals surface area contributed by atoms with Crippen LogP contribution in [-0.4, -0.2) is 25.5 Å². The molecule has 110 valence electrons. The standard InChI is InChI=1S/C19H23NS/c1-12-11-21-17-6-4-5-15(18(12)17)19-14-8-7-13(9-14)16(19)10-20(2)3/h4-6,11,13-14H,7-10H2,1-3H3. The summed E-state index contributed by atoms with van der Waals surface area (Å²) < 4.78 is 1.45. The van der Waals surface area contributed by atoms with Crippen molar-refractivity contribution in [1.82, 2.24) is 4.90 Å². The Morgan fingerprint density at radius 2 is 2.00 bits per heavy atom. The average molecular weight is 297 g/mol. The Bertz CT molecular complexity index is 722. The van der Waals surface area contributed by atoms with E-state index in [1.165, 1.54) is 40.5 Å². The van der Waals surface area contributed by atoms with Gasteiger partial charge in [-0.3, -0.25) is 0 Å². The zero-order valence-electron chi connectivity index (χ0n) is 13.1. The number of benzene rings is 1. The molecule has 1 nitrogen and oxygen atoms in total. The number of allylic oxidation sites excluding steroid dienone is 1. The molecule has 0 radical (unpaired) electrons. The molecule has 2 aliphatic rings. The van der Waals surface area contributed by atoms with Gasteiger partial charge in [-0.2, -0.15) is 0 Å². The van der Waals surface area contributed by atoms with Crippen LogP contribution in [0.1, 0.15) is 30.4 Å². The van der Waals surface area contributed by atoms with Gasteiger partial charge in [0, 0.05) is 16.6 Å². The number of nitrogens with zero attached hydrogens (tertiary/aromatic N) is 1. The third kappa shape index (κ3) is 2.08. The monoisotopic (exact) mass is 297 g/mol. The summed E-state index contributed by atoms with van der Waals surface area (Å²) in [6.07, 6.45) is 4.21. The first kappa shape index (κ1) is 13.5. The van der Waals surface area contributed by atoms with Gasteiger partial charge in [-0.05, 0) is 85.8 Å². The number of hydrogen-bond acceptors (Lipinski definition) is 2. The number of aryl methyl sites for hydroxylation is 1. The summed E-state index contributed by atoms with van der Waals surface area (Å²) in [7, 11) is 4.40. The van der Waals surface area contributed by atoms with Crippen molar-refractivity contribution in [3.63, 3.8) is 0 Å². The van der Waals surface area contributed by atoms with Crippen LogP contribution in [-0.2, 0) is 0 Å². The van der Waals surface area contributed by atoms with Gasteiger partial charge >= 0.3 is 0 Å². The predicted molar refractivity (Wildman–Crippen MR) is 92.9 cm³/mol. The zero-order valence-corrected chi connectivity index (χ0v) is 14.0. The van der Waals surface area contributed by atoms with E-state index in [1.807, 2.05) is 11.3 Å². The quantitative estimate of drug-likeness (QED) is 0.774. The Balaban J connectivity index is 1.93. The number of thiophene rings is 1. The molecule has 2 aromatic rings. The third-order valence-electron chi connectivity index (χ3n) is 5.24. The normalized spacial score (nSPS) is 24.8. The van der Waals surface area contributed by atoms with Crippen molar-refractivity contribution in [2.24, 2.45) is 11.8 Å². The number of rotatable bonds is 3. The Hall–Kier alpha value is -1.12. The third-order valence-corrected chi connectivity index (χ3v) is 6.31. The van der Waals surface area contributed by atoms with E-state index in [9.17, 15) is 0 Å². The number of fused-ring (bicyclic) bond motifs is 3. The first-order valence-corrected chi connectivity index (χ1v) is 8.88. The summed E-state index contributed by atoms with van der Waals surface area (Å²) >= 11 is 1.89. The second-order valence-corrected chi connectivity index (χ2v) is 7.89. The van der Waals surface area contributed by atoms with Gasteiger partial charge in [-0.15, -0.1) is 11.3 Å². The molecule has 2 unspecified atom stereocenters. The van der Waals surface area contributed by atoms with Crippen LogP contribution in [0.3, 0.4) is 0 Å². The smallest absolute Gasteiger partial charge is 0.0351 e. The summed E-state index contributed by atoms with van der Waals surface area (Å²) in [5.41, 5.74) is 6.42. The molecule has 1 aromatic heterocycles. The van der Waals surface area contributed by atoms with Crippen molar-refractivity contribution >= 4 is 27.0 Å². The zero-order chi connectivity index (χ0) is 14.6. The van der Waals surface area contributed by atoms with E-state index in [2.05, 4.69) is 49.5 Å². The Kier molecular flexibility index (Phi) is 3.20. The van der Waals surface area contributed by atoms with Gasteiger partial charge in [0.2, 0.25) is 0 Å². The van der Waals surface area contributed by atoms with Gasteiger partial charge in [0.15, 0.2) is 0 Å². The molecule has 4 rings (SSSR count). The molecule has 2 aliphatic carbocycles. The van der Waals surface area contributed by atoms with E-state index in [1.54, 1.807) is 11.1 Å². The summed E-state index contributed by atoms with van der Waals surface area (Å²) in [6.45, 7) is 3.40. The topological polar surface area (TPSA) is 3.24 Å². The SMILES string of the molecule is Cc1csc2cccc(C3=C(CN(C)C)C4CCC3C4)c12. The molecular formula is C19H23NS. The first-order valence-electron chi connectivity index (χ1n) is 8.00. The van der Waals surface area contributed by atoms with Crippen LogP contribution in [0.5, 0.6) is 0 Å². The molecule has 0 aliphatic heterocycles. The highest BCUT2D eigenvalue weighted by atomic mass is 32.1. The van der Waals surface area contributed by atoms with E-state index in [4.69, 9.17) is 0 Å². The average Bonchev–Trinajstić information content (AvgIpc) is 3.13. The molecule has 2 atom stereocenters. The van der Waals surface area contributed by atoms with E-state index in [0.29, 0.717) is 0 Å². The van der Waals surface area contributed by atoms with Crippen molar-refractivity contribution in [3.8, 4) is 0 Å². The molecule has 1 aromatic carbocycles. The highest BCUT2D eigenvalue weighted by Crippen LogP contribution is 2.53. The van der Waals surface area contributed by atoms with E-state index in [0.717, 1.165) is 18.4 Å². The maximum absolute atomic E-state index is 2.37. The maximum atomic E-state index is 2.37. The lowest BCUT2D eigenvalue weighted by Crippen LogP contribution is -2.19. The minimum atomic E-state index is 0.815. The van der Waals surface area contributed by atoms with Gasteiger partial charge in [0.25, 0.3) is 0 Å². The fourth-order valence-electron chi connectivity index (χ4n) is 4.46. The molecule has 1 heterocycles. The Morgan fingerprint density at radius 1 is 1.19 bits per heavy atom. The molecule has 2 heteroatoms. The largest absolute Gasteiger partial charge is 0.305 e. The van der Waals surface area contributed by atoms with E-state index < -0.39 is 0 Å². The lowest BCUT2D eigenvalue weighted by atomic mass is 9.85. The highest BCUT2D eigenvalue weighted by Gasteiger charge is 2.39. The van der Waals surface area contributed by atoms with Gasteiger partial charge in [0.1, 0.15) is 0 Å². The predicted octanol–water partition coefficient (Wildman–Crippen LogP) is 4.95. The molecular weight excluding hydrogens is 274 g/mol. The van der Waals surface area contributed by atoms with Crippen LogP contribution < -0.4 is 0 Å². The van der Waals surface area contributed by atoms with Crippen LogP contribution in [0.2, 0.25) is 0 Å². The fourth-order valence-corrected chi connectivity index (χ4v) is 5.43. The number of likely N-dealkylation sites (N-methyl/N-ethyl adjacent to an activating group) is 1. The second-order valence-electron chi connectivity index (χ2n) is 6.98. The molecule has 0 saturated heterocycles. The van der Waals surface area contributed by atoms with Crippen molar-refractivity contribution in [3.05, 3.63) is 40.3 Å². The molecule has 1 saturated carbocycles. The fraction of sp³-hybridized carbons (Fsp3) is 0.474.